The third-order valence-corrected chi connectivity index (χ3v) is 3.74. The highest BCUT2D eigenvalue weighted by Crippen LogP contribution is 2.26. The third-order valence-electron chi connectivity index (χ3n) is 2.79. The molecule has 1 amide bonds. The number of rotatable bonds is 5. The van der Waals surface area contributed by atoms with Gasteiger partial charge in [-0.15, -0.1) is 11.8 Å². The molecule has 20 heavy (non-hydrogen) atoms. The average Bonchev–Trinajstić information content (AvgIpc) is 2.48. The van der Waals surface area contributed by atoms with Crippen LogP contribution in [0.5, 0.6) is 5.75 Å². The van der Waals surface area contributed by atoms with Crippen molar-refractivity contribution >= 4 is 23.4 Å². The molecule has 0 heterocycles. The van der Waals surface area contributed by atoms with Crippen molar-refractivity contribution in [2.75, 3.05) is 18.2 Å². The monoisotopic (exact) mass is 287 g/mol. The highest BCUT2D eigenvalue weighted by molar-refractivity contribution is 7.99. The molecule has 0 unspecified atom stereocenters. The van der Waals surface area contributed by atoms with Crippen LogP contribution in [0.2, 0.25) is 0 Å². The van der Waals surface area contributed by atoms with Gasteiger partial charge in [-0.1, -0.05) is 31.2 Å². The topological polar surface area (TPSA) is 38.3 Å². The van der Waals surface area contributed by atoms with E-state index >= 15 is 0 Å². The van der Waals surface area contributed by atoms with Gasteiger partial charge in [-0.2, -0.15) is 0 Å². The normalized spacial score (nSPS) is 10.1. The summed E-state index contributed by atoms with van der Waals surface area (Å²) in [5.74, 6) is 1.46. The quantitative estimate of drug-likeness (QED) is 0.843. The predicted octanol–water partition coefficient (Wildman–Crippen LogP) is 4.06. The molecule has 1 N–H and O–H groups in total. The Morgan fingerprint density at radius 3 is 2.60 bits per heavy atom. The van der Waals surface area contributed by atoms with Gasteiger partial charge in [0.1, 0.15) is 5.75 Å². The Labute approximate surface area is 123 Å². The molecule has 0 fully saturated rings. The minimum atomic E-state index is -0.119. The van der Waals surface area contributed by atoms with Crippen LogP contribution in [0, 0.1) is 0 Å². The van der Waals surface area contributed by atoms with Crippen molar-refractivity contribution in [2.24, 2.45) is 0 Å². The van der Waals surface area contributed by atoms with Gasteiger partial charge < -0.3 is 10.1 Å². The Bertz CT molecular complexity index is 599. The number of hydrogen-bond donors (Lipinski definition) is 1. The summed E-state index contributed by atoms with van der Waals surface area (Å²) < 4.78 is 5.24. The minimum Gasteiger partial charge on any atom is -0.495 e. The lowest BCUT2D eigenvalue weighted by molar-refractivity contribution is 0.102. The molecule has 0 bridgehead atoms. The predicted molar refractivity (Wildman–Crippen MR) is 83.8 cm³/mol. The van der Waals surface area contributed by atoms with Crippen LogP contribution in [0.3, 0.4) is 0 Å². The second-order valence-corrected chi connectivity index (χ2v) is 5.39. The molecule has 0 spiro atoms. The fourth-order valence-electron chi connectivity index (χ4n) is 1.87. The number of carbonyl (C=O) groups excluding carboxylic acids is 1. The van der Waals surface area contributed by atoms with Crippen molar-refractivity contribution in [3.63, 3.8) is 0 Å². The van der Waals surface area contributed by atoms with Gasteiger partial charge in [0.05, 0.1) is 18.4 Å². The molecular weight excluding hydrogens is 270 g/mol. The second kappa shape index (κ2) is 7.01. The van der Waals surface area contributed by atoms with Crippen LogP contribution in [-0.2, 0) is 0 Å². The van der Waals surface area contributed by atoms with Crippen LogP contribution in [-0.4, -0.2) is 18.8 Å². The summed E-state index contributed by atoms with van der Waals surface area (Å²) in [4.78, 5) is 13.4. The van der Waals surface area contributed by atoms with Crippen molar-refractivity contribution < 1.29 is 9.53 Å². The Kier molecular flexibility index (Phi) is 5.07. The maximum Gasteiger partial charge on any atom is 0.256 e. The van der Waals surface area contributed by atoms with E-state index in [0.29, 0.717) is 17.0 Å². The van der Waals surface area contributed by atoms with Gasteiger partial charge in [0.15, 0.2) is 0 Å². The van der Waals surface area contributed by atoms with Gasteiger partial charge in [-0.25, -0.2) is 0 Å². The van der Waals surface area contributed by atoms with Crippen LogP contribution in [0.4, 0.5) is 5.69 Å². The summed E-state index contributed by atoms with van der Waals surface area (Å²) >= 11 is 1.66. The first kappa shape index (κ1) is 14.5. The van der Waals surface area contributed by atoms with Crippen LogP contribution >= 0.6 is 11.8 Å². The van der Waals surface area contributed by atoms with Gasteiger partial charge in [0.2, 0.25) is 0 Å². The van der Waals surface area contributed by atoms with E-state index in [9.17, 15) is 4.79 Å². The van der Waals surface area contributed by atoms with E-state index in [1.807, 2.05) is 48.5 Å². The summed E-state index contributed by atoms with van der Waals surface area (Å²) in [5, 5.41) is 2.90. The maximum atomic E-state index is 12.4. The van der Waals surface area contributed by atoms with Gasteiger partial charge in [-0.05, 0) is 30.0 Å². The molecule has 2 rings (SSSR count). The van der Waals surface area contributed by atoms with Crippen molar-refractivity contribution in [1.29, 1.82) is 0 Å². The number of anilines is 1. The molecule has 4 heteroatoms. The zero-order valence-corrected chi connectivity index (χ0v) is 12.4. The first-order valence-corrected chi connectivity index (χ1v) is 7.41. The molecule has 0 radical (unpaired) electrons. The summed E-state index contributed by atoms with van der Waals surface area (Å²) in [6, 6.07) is 15.0. The first-order valence-electron chi connectivity index (χ1n) is 6.42. The van der Waals surface area contributed by atoms with E-state index in [4.69, 9.17) is 4.74 Å². The summed E-state index contributed by atoms with van der Waals surface area (Å²) in [5.41, 5.74) is 1.36. The standard InChI is InChI=1S/C16H17NO2S/c1-3-20-15-11-7-4-8-12(15)16(18)17-13-9-5-6-10-14(13)19-2/h4-11H,3H2,1-2H3,(H,17,18). The number of nitrogens with one attached hydrogen (secondary N) is 1. The number of benzene rings is 2. The smallest absolute Gasteiger partial charge is 0.256 e. The Morgan fingerprint density at radius 2 is 1.85 bits per heavy atom. The SMILES string of the molecule is CCSc1ccccc1C(=O)Nc1ccccc1OC. The number of thioether (sulfide) groups is 1. The number of hydrogen-bond acceptors (Lipinski definition) is 3. The first-order chi connectivity index (χ1) is 9.76. The summed E-state index contributed by atoms with van der Waals surface area (Å²) in [6.07, 6.45) is 0. The van der Waals surface area contributed by atoms with Crippen LogP contribution in [0.1, 0.15) is 17.3 Å². The summed E-state index contributed by atoms with van der Waals surface area (Å²) in [7, 11) is 1.59. The number of para-hydroxylation sites is 2. The minimum absolute atomic E-state index is 0.119. The molecule has 0 aliphatic rings. The largest absolute Gasteiger partial charge is 0.495 e. The Hall–Kier alpha value is -1.94. The highest BCUT2D eigenvalue weighted by Gasteiger charge is 2.12. The maximum absolute atomic E-state index is 12.4. The molecule has 0 aromatic heterocycles. The van der Waals surface area contributed by atoms with Crippen LogP contribution in [0.25, 0.3) is 0 Å². The van der Waals surface area contributed by atoms with Gasteiger partial charge in [0, 0.05) is 4.90 Å². The Balaban J connectivity index is 2.24. The number of methoxy groups -OCH3 is 1. The summed E-state index contributed by atoms with van der Waals surface area (Å²) in [6.45, 7) is 2.07. The molecule has 3 nitrogen and oxygen atoms in total. The average molecular weight is 287 g/mol. The molecule has 0 aliphatic heterocycles. The molecule has 0 saturated carbocycles. The molecule has 104 valence electrons. The van der Waals surface area contributed by atoms with E-state index in [-0.39, 0.29) is 5.91 Å². The molecule has 0 saturated heterocycles. The molecule has 2 aromatic carbocycles. The number of ether oxygens (including phenoxy) is 1. The number of amides is 1. The third kappa shape index (κ3) is 3.33. The molecule has 0 aliphatic carbocycles. The zero-order valence-electron chi connectivity index (χ0n) is 11.6. The number of carbonyl (C=O) groups is 1. The van der Waals surface area contributed by atoms with Gasteiger partial charge >= 0.3 is 0 Å². The van der Waals surface area contributed by atoms with Crippen LogP contribution in [0.15, 0.2) is 53.4 Å². The van der Waals surface area contributed by atoms with E-state index < -0.39 is 0 Å². The molecule has 0 atom stereocenters. The molecular formula is C16H17NO2S. The van der Waals surface area contributed by atoms with Gasteiger partial charge in [0.25, 0.3) is 5.91 Å². The van der Waals surface area contributed by atoms with Crippen molar-refractivity contribution in [1.82, 2.24) is 0 Å². The lowest BCUT2D eigenvalue weighted by atomic mass is 10.2. The van der Waals surface area contributed by atoms with E-state index in [0.717, 1.165) is 10.6 Å². The van der Waals surface area contributed by atoms with E-state index in [2.05, 4.69) is 12.2 Å². The lowest BCUT2D eigenvalue weighted by Crippen LogP contribution is -2.13. The fraction of sp³-hybridized carbons (Fsp3) is 0.188. The van der Waals surface area contributed by atoms with E-state index in [1.165, 1.54) is 0 Å². The van der Waals surface area contributed by atoms with Crippen LogP contribution < -0.4 is 10.1 Å². The Morgan fingerprint density at radius 1 is 1.15 bits per heavy atom. The van der Waals surface area contributed by atoms with Gasteiger partial charge in [-0.3, -0.25) is 4.79 Å². The van der Waals surface area contributed by atoms with Crippen molar-refractivity contribution in [3.8, 4) is 5.75 Å². The fourth-order valence-corrected chi connectivity index (χ4v) is 2.68. The van der Waals surface area contributed by atoms with E-state index in [1.54, 1.807) is 18.9 Å². The second-order valence-electron chi connectivity index (χ2n) is 4.08. The van der Waals surface area contributed by atoms with Crippen molar-refractivity contribution in [3.05, 3.63) is 54.1 Å². The zero-order chi connectivity index (χ0) is 14.4. The lowest BCUT2D eigenvalue weighted by Gasteiger charge is -2.11. The molecule has 2 aromatic rings. The highest BCUT2D eigenvalue weighted by atomic mass is 32.2. The van der Waals surface area contributed by atoms with Crippen molar-refractivity contribution in [2.45, 2.75) is 11.8 Å².